The molecule has 136 valence electrons. The molecule has 0 bridgehead atoms. The fourth-order valence-corrected chi connectivity index (χ4v) is 5.11. The van der Waals surface area contributed by atoms with Gasteiger partial charge in [-0.05, 0) is 0 Å². The van der Waals surface area contributed by atoms with Crippen LogP contribution in [0.15, 0.2) is 55.1 Å². The van der Waals surface area contributed by atoms with E-state index in [1.807, 2.05) is 25.1 Å². The molecule has 1 atom stereocenters. The first-order chi connectivity index (χ1) is 12.5. The molecule has 0 amide bonds. The average Bonchev–Trinajstić information content (AvgIpc) is 3.07. The molecule has 0 spiro atoms. The molecule has 0 aliphatic carbocycles. The van der Waals surface area contributed by atoms with E-state index in [0.717, 1.165) is 17.5 Å². The molecule has 1 heterocycles. The number of aliphatic hydroxyl groups is 1. The van der Waals surface area contributed by atoms with Crippen molar-refractivity contribution in [1.29, 1.82) is 0 Å². The van der Waals surface area contributed by atoms with Crippen LogP contribution in [0.2, 0.25) is 5.32 Å². The van der Waals surface area contributed by atoms with Crippen LogP contribution >= 0.6 is 0 Å². The van der Waals surface area contributed by atoms with E-state index in [2.05, 4.69) is 16.1 Å². The predicted molar refractivity (Wildman–Crippen MR) is 95.7 cm³/mol. The first-order valence-corrected chi connectivity index (χ1v) is 10.5. The molecule has 4 nitrogen and oxygen atoms in total. The van der Waals surface area contributed by atoms with Gasteiger partial charge in [-0.2, -0.15) is 0 Å². The standard InChI is InChI=1S/C19H19F2N3OSe/c1-14-3-2-4-15(7-14)9-26-11-19(25,10-24-13-22-12-23-24)17-6-5-16(20)8-18(17)21/h2-8,12-13,25H,9-11H2,1H3. The molecular formula is C19H19F2N3OSe. The van der Waals surface area contributed by atoms with Crippen molar-refractivity contribution >= 4 is 15.0 Å². The molecule has 3 rings (SSSR count). The molecular weight excluding hydrogens is 403 g/mol. The van der Waals surface area contributed by atoms with Gasteiger partial charge in [0.25, 0.3) is 0 Å². The molecule has 1 aromatic heterocycles. The number of aromatic nitrogens is 3. The van der Waals surface area contributed by atoms with Crippen molar-refractivity contribution in [3.8, 4) is 0 Å². The van der Waals surface area contributed by atoms with Gasteiger partial charge in [-0.3, -0.25) is 0 Å². The van der Waals surface area contributed by atoms with E-state index in [0.29, 0.717) is 5.32 Å². The second-order valence-electron chi connectivity index (χ2n) is 6.23. The number of halogens is 2. The third kappa shape index (κ3) is 4.55. The Labute approximate surface area is 157 Å². The summed E-state index contributed by atoms with van der Waals surface area (Å²) in [7, 11) is 0. The van der Waals surface area contributed by atoms with Gasteiger partial charge in [0, 0.05) is 0 Å². The Morgan fingerprint density at radius 2 is 2.04 bits per heavy atom. The average molecular weight is 422 g/mol. The van der Waals surface area contributed by atoms with E-state index in [4.69, 9.17) is 0 Å². The Bertz CT molecular complexity index is 873. The zero-order chi connectivity index (χ0) is 18.6. The fourth-order valence-electron chi connectivity index (χ4n) is 2.80. The van der Waals surface area contributed by atoms with Crippen LogP contribution in [-0.4, -0.2) is 34.8 Å². The maximum absolute atomic E-state index is 14.3. The Balaban J connectivity index is 1.80. The summed E-state index contributed by atoms with van der Waals surface area (Å²) in [6, 6.07) is 11.5. The van der Waals surface area contributed by atoms with E-state index in [9.17, 15) is 13.9 Å². The molecule has 1 unspecified atom stereocenters. The van der Waals surface area contributed by atoms with Crippen LogP contribution in [0.3, 0.4) is 0 Å². The van der Waals surface area contributed by atoms with Gasteiger partial charge in [-0.1, -0.05) is 0 Å². The molecule has 0 aliphatic rings. The summed E-state index contributed by atoms with van der Waals surface area (Å²) in [4.78, 5) is 3.87. The summed E-state index contributed by atoms with van der Waals surface area (Å²) in [6.07, 6.45) is 2.83. The number of hydrogen-bond donors (Lipinski definition) is 1. The van der Waals surface area contributed by atoms with Crippen LogP contribution in [-0.2, 0) is 17.5 Å². The van der Waals surface area contributed by atoms with Gasteiger partial charge in [0.05, 0.1) is 0 Å². The monoisotopic (exact) mass is 423 g/mol. The first-order valence-electron chi connectivity index (χ1n) is 8.10. The minimum atomic E-state index is -1.48. The van der Waals surface area contributed by atoms with Crippen LogP contribution in [0, 0.1) is 18.6 Å². The Morgan fingerprint density at radius 3 is 2.73 bits per heavy atom. The third-order valence-electron chi connectivity index (χ3n) is 4.01. The van der Waals surface area contributed by atoms with E-state index in [1.165, 1.54) is 34.5 Å². The Kier molecular flexibility index (Phi) is 5.81. The summed E-state index contributed by atoms with van der Waals surface area (Å²) in [5, 5.41) is 16.4. The van der Waals surface area contributed by atoms with Gasteiger partial charge in [0.1, 0.15) is 0 Å². The molecule has 0 saturated carbocycles. The molecule has 2 aromatic carbocycles. The molecule has 0 saturated heterocycles. The molecule has 1 N–H and O–H groups in total. The van der Waals surface area contributed by atoms with Crippen LogP contribution in [0.1, 0.15) is 16.7 Å². The van der Waals surface area contributed by atoms with Crippen molar-refractivity contribution in [2.24, 2.45) is 0 Å². The van der Waals surface area contributed by atoms with Gasteiger partial charge in [-0.25, -0.2) is 0 Å². The SMILES string of the molecule is Cc1cccc(C[Se]CC(O)(Cn2cncn2)c2ccc(F)cc2F)c1. The summed E-state index contributed by atoms with van der Waals surface area (Å²) < 4.78 is 29.1. The van der Waals surface area contributed by atoms with E-state index in [-0.39, 0.29) is 27.1 Å². The van der Waals surface area contributed by atoms with Crippen molar-refractivity contribution in [3.63, 3.8) is 0 Å². The van der Waals surface area contributed by atoms with Crippen molar-refractivity contribution in [2.45, 2.75) is 29.7 Å². The van der Waals surface area contributed by atoms with Crippen molar-refractivity contribution in [2.75, 3.05) is 0 Å². The number of hydrogen-bond acceptors (Lipinski definition) is 3. The van der Waals surface area contributed by atoms with Gasteiger partial charge in [-0.15, -0.1) is 0 Å². The van der Waals surface area contributed by atoms with Crippen molar-refractivity contribution in [3.05, 3.63) is 83.4 Å². The number of nitrogens with zero attached hydrogens (tertiary/aromatic N) is 3. The summed E-state index contributed by atoms with van der Waals surface area (Å²) in [6.45, 7) is 2.09. The van der Waals surface area contributed by atoms with Crippen molar-refractivity contribution in [1.82, 2.24) is 14.8 Å². The molecule has 0 radical (unpaired) electrons. The van der Waals surface area contributed by atoms with Crippen molar-refractivity contribution < 1.29 is 13.9 Å². The first kappa shape index (κ1) is 18.7. The van der Waals surface area contributed by atoms with Gasteiger partial charge >= 0.3 is 157 Å². The van der Waals surface area contributed by atoms with Crippen LogP contribution in [0.5, 0.6) is 0 Å². The second kappa shape index (κ2) is 8.08. The van der Waals surface area contributed by atoms with Crippen LogP contribution in [0.25, 0.3) is 0 Å². The van der Waals surface area contributed by atoms with Crippen LogP contribution in [0.4, 0.5) is 8.78 Å². The number of rotatable bonds is 7. The molecule has 0 aliphatic heterocycles. The summed E-state index contributed by atoms with van der Waals surface area (Å²) in [5.41, 5.74) is 0.976. The zero-order valence-electron chi connectivity index (χ0n) is 14.3. The van der Waals surface area contributed by atoms with E-state index < -0.39 is 17.2 Å². The van der Waals surface area contributed by atoms with Gasteiger partial charge in [0.2, 0.25) is 0 Å². The summed E-state index contributed by atoms with van der Waals surface area (Å²) in [5.74, 6) is -1.42. The van der Waals surface area contributed by atoms with Crippen LogP contribution < -0.4 is 0 Å². The number of benzene rings is 2. The minimum absolute atomic E-state index is 0.0178. The predicted octanol–water partition coefficient (Wildman–Crippen LogP) is 3.08. The zero-order valence-corrected chi connectivity index (χ0v) is 16.0. The fraction of sp³-hybridized carbons (Fsp3) is 0.263. The number of aryl methyl sites for hydroxylation is 1. The van der Waals surface area contributed by atoms with E-state index in [1.54, 1.807) is 0 Å². The van der Waals surface area contributed by atoms with Gasteiger partial charge < -0.3 is 0 Å². The normalized spacial score (nSPS) is 13.5. The molecule has 7 heteroatoms. The Morgan fingerprint density at radius 1 is 1.19 bits per heavy atom. The topological polar surface area (TPSA) is 50.9 Å². The maximum atomic E-state index is 14.3. The summed E-state index contributed by atoms with van der Waals surface area (Å²) >= 11 is 0.0178. The quantitative estimate of drug-likeness (QED) is 0.596. The molecule has 26 heavy (non-hydrogen) atoms. The molecule has 0 fully saturated rings. The second-order valence-corrected chi connectivity index (χ2v) is 8.30. The molecule has 3 aromatic rings. The Hall–Kier alpha value is -2.08. The van der Waals surface area contributed by atoms with Gasteiger partial charge in [0.15, 0.2) is 0 Å². The van der Waals surface area contributed by atoms with E-state index >= 15 is 0 Å². The third-order valence-corrected chi connectivity index (χ3v) is 6.57.